The molecule has 1 heterocycles. The van der Waals surface area contributed by atoms with Crippen LogP contribution in [0.5, 0.6) is 23.0 Å². The molecule has 1 unspecified atom stereocenters. The van der Waals surface area contributed by atoms with Crippen molar-refractivity contribution in [3.8, 4) is 23.0 Å². The topological polar surface area (TPSA) is 117 Å². The molecular formula is C27H30N2O7. The zero-order valence-corrected chi connectivity index (χ0v) is 20.6. The van der Waals surface area contributed by atoms with Crippen LogP contribution in [0.25, 0.3) is 12.2 Å². The fourth-order valence-corrected chi connectivity index (χ4v) is 3.61. The molecule has 1 aliphatic heterocycles. The summed E-state index contributed by atoms with van der Waals surface area (Å²) in [7, 11) is 4.53. The Labute approximate surface area is 210 Å². The summed E-state index contributed by atoms with van der Waals surface area (Å²) in [6, 6.07) is 10.1. The highest BCUT2D eigenvalue weighted by Crippen LogP contribution is 2.30. The lowest BCUT2D eigenvalue weighted by atomic mass is 10.1. The summed E-state index contributed by atoms with van der Waals surface area (Å²) in [5.41, 5.74) is 7.23. The quantitative estimate of drug-likeness (QED) is 0.394. The first kappa shape index (κ1) is 26.5. The molecule has 190 valence electrons. The van der Waals surface area contributed by atoms with E-state index < -0.39 is 6.09 Å². The van der Waals surface area contributed by atoms with Crippen LogP contribution in [0.15, 0.2) is 48.6 Å². The first-order chi connectivity index (χ1) is 17.3. The first-order valence-electron chi connectivity index (χ1n) is 11.4. The summed E-state index contributed by atoms with van der Waals surface area (Å²) in [5.74, 6) is 1.05. The van der Waals surface area contributed by atoms with Gasteiger partial charge in [0.05, 0.1) is 27.8 Å². The molecule has 2 N–H and O–H groups in total. The van der Waals surface area contributed by atoms with E-state index in [9.17, 15) is 14.4 Å². The number of methoxy groups -OCH3 is 3. The Balaban J connectivity index is 1.57. The third kappa shape index (κ3) is 7.19. The van der Waals surface area contributed by atoms with Crippen LogP contribution in [0.3, 0.4) is 0 Å². The number of likely N-dealkylation sites (tertiary alicyclic amines) is 1. The molecule has 1 fully saturated rings. The summed E-state index contributed by atoms with van der Waals surface area (Å²) in [5, 5.41) is 0. The van der Waals surface area contributed by atoms with Gasteiger partial charge in [-0.3, -0.25) is 9.59 Å². The van der Waals surface area contributed by atoms with E-state index >= 15 is 0 Å². The molecule has 1 amide bonds. The number of amides is 1. The molecule has 9 nitrogen and oxygen atoms in total. The molecule has 0 bridgehead atoms. The van der Waals surface area contributed by atoms with E-state index in [2.05, 4.69) is 0 Å². The van der Waals surface area contributed by atoms with E-state index in [1.807, 2.05) is 0 Å². The predicted octanol–water partition coefficient (Wildman–Crippen LogP) is 3.50. The lowest BCUT2D eigenvalue weighted by Gasteiger charge is -2.16. The number of nitrogens with zero attached hydrogens (tertiary/aromatic N) is 1. The summed E-state index contributed by atoms with van der Waals surface area (Å²) >= 11 is 0. The highest BCUT2D eigenvalue weighted by Gasteiger charge is 2.25. The third-order valence-electron chi connectivity index (χ3n) is 5.55. The molecule has 0 aliphatic carbocycles. The average molecular weight is 495 g/mol. The standard InChI is InChI=1S/C27H30N2O7/c1-33-23-10-6-18(14-25(23)34-2)4-8-21(30)16-22(31)9-5-19-7-11-24(26(15-19)35-3)36-27(32)29-13-12-20(28)17-29/h4-11,14-15,20H,12-13,16-17,28H2,1-3H3. The number of ether oxygens (including phenoxy) is 4. The molecule has 2 aromatic carbocycles. The van der Waals surface area contributed by atoms with E-state index in [0.29, 0.717) is 35.9 Å². The van der Waals surface area contributed by atoms with Crippen molar-refractivity contribution in [1.29, 1.82) is 0 Å². The molecule has 1 aliphatic rings. The fourth-order valence-electron chi connectivity index (χ4n) is 3.61. The minimum Gasteiger partial charge on any atom is -0.493 e. The van der Waals surface area contributed by atoms with Crippen molar-refractivity contribution < 1.29 is 33.3 Å². The first-order valence-corrected chi connectivity index (χ1v) is 11.4. The van der Waals surface area contributed by atoms with Gasteiger partial charge in [0.2, 0.25) is 0 Å². The summed E-state index contributed by atoms with van der Waals surface area (Å²) in [4.78, 5) is 38.4. The van der Waals surface area contributed by atoms with Crippen LogP contribution < -0.4 is 24.7 Å². The highest BCUT2D eigenvalue weighted by molar-refractivity contribution is 6.10. The molecule has 3 rings (SSSR count). The molecular weight excluding hydrogens is 464 g/mol. The van der Waals surface area contributed by atoms with E-state index in [1.54, 1.807) is 60.6 Å². The van der Waals surface area contributed by atoms with E-state index in [0.717, 1.165) is 12.0 Å². The number of allylic oxidation sites excluding steroid dienone is 2. The van der Waals surface area contributed by atoms with Crippen molar-refractivity contribution >= 4 is 29.8 Å². The largest absolute Gasteiger partial charge is 0.493 e. The van der Waals surface area contributed by atoms with Gasteiger partial charge < -0.3 is 29.6 Å². The second kappa shape index (κ2) is 12.6. The van der Waals surface area contributed by atoms with Gasteiger partial charge in [0.1, 0.15) is 0 Å². The predicted molar refractivity (Wildman–Crippen MR) is 135 cm³/mol. The zero-order valence-electron chi connectivity index (χ0n) is 20.6. The Morgan fingerprint density at radius 1 is 0.861 bits per heavy atom. The summed E-state index contributed by atoms with van der Waals surface area (Å²) < 4.78 is 21.2. The van der Waals surface area contributed by atoms with Gasteiger partial charge in [0.15, 0.2) is 34.6 Å². The molecule has 36 heavy (non-hydrogen) atoms. The van der Waals surface area contributed by atoms with Crippen LogP contribution in [-0.2, 0) is 9.59 Å². The normalized spacial score (nSPS) is 15.3. The maximum Gasteiger partial charge on any atom is 0.415 e. The van der Waals surface area contributed by atoms with E-state index in [4.69, 9.17) is 24.7 Å². The second-order valence-electron chi connectivity index (χ2n) is 8.16. The molecule has 0 radical (unpaired) electrons. The molecule has 2 aromatic rings. The number of ketones is 2. The molecule has 1 atom stereocenters. The Bertz CT molecular complexity index is 1170. The molecule has 0 aromatic heterocycles. The number of hydrogen-bond acceptors (Lipinski definition) is 8. The second-order valence-corrected chi connectivity index (χ2v) is 8.16. The van der Waals surface area contributed by atoms with Gasteiger partial charge in [0.25, 0.3) is 0 Å². The van der Waals surface area contributed by atoms with Crippen molar-refractivity contribution in [1.82, 2.24) is 4.90 Å². The molecule has 0 spiro atoms. The maximum atomic E-state index is 12.3. The van der Waals surface area contributed by atoms with Gasteiger partial charge in [-0.25, -0.2) is 4.79 Å². The van der Waals surface area contributed by atoms with Gasteiger partial charge >= 0.3 is 6.09 Å². The fraction of sp³-hybridized carbons (Fsp3) is 0.296. The smallest absolute Gasteiger partial charge is 0.415 e. The van der Waals surface area contributed by atoms with Gasteiger partial charge in [-0.2, -0.15) is 0 Å². The van der Waals surface area contributed by atoms with Crippen LogP contribution in [-0.4, -0.2) is 63.0 Å². The van der Waals surface area contributed by atoms with E-state index in [1.165, 1.54) is 26.4 Å². The number of carbonyl (C=O) groups excluding carboxylic acids is 3. The number of carbonyl (C=O) groups is 3. The highest BCUT2D eigenvalue weighted by atomic mass is 16.6. The molecule has 9 heteroatoms. The zero-order chi connectivity index (χ0) is 26.1. The lowest BCUT2D eigenvalue weighted by Crippen LogP contribution is -2.34. The van der Waals surface area contributed by atoms with Crippen LogP contribution in [0.1, 0.15) is 24.0 Å². The van der Waals surface area contributed by atoms with Crippen LogP contribution in [0, 0.1) is 0 Å². The third-order valence-corrected chi connectivity index (χ3v) is 5.55. The van der Waals surface area contributed by atoms with Crippen molar-refractivity contribution in [2.45, 2.75) is 18.9 Å². The van der Waals surface area contributed by atoms with Crippen molar-refractivity contribution in [3.63, 3.8) is 0 Å². The van der Waals surface area contributed by atoms with Gasteiger partial charge in [-0.15, -0.1) is 0 Å². The summed E-state index contributed by atoms with van der Waals surface area (Å²) in [6.45, 7) is 1.000. The van der Waals surface area contributed by atoms with Crippen molar-refractivity contribution in [2.75, 3.05) is 34.4 Å². The Hall–Kier alpha value is -4.11. The average Bonchev–Trinajstić information content (AvgIpc) is 3.32. The molecule has 1 saturated heterocycles. The Morgan fingerprint density at radius 2 is 1.39 bits per heavy atom. The summed E-state index contributed by atoms with van der Waals surface area (Å²) in [6.07, 6.45) is 5.84. The number of benzene rings is 2. The molecule has 0 saturated carbocycles. The van der Waals surface area contributed by atoms with Gasteiger partial charge in [-0.1, -0.05) is 24.3 Å². The van der Waals surface area contributed by atoms with Gasteiger partial charge in [0, 0.05) is 19.1 Å². The number of rotatable bonds is 10. The Morgan fingerprint density at radius 3 is 1.89 bits per heavy atom. The Kier molecular flexibility index (Phi) is 9.24. The minimum atomic E-state index is -0.487. The SMILES string of the molecule is COc1ccc(C=CC(=O)CC(=O)C=Cc2ccc(OC(=O)N3CCC(N)C3)c(OC)c2)cc1OC. The van der Waals surface area contributed by atoms with E-state index in [-0.39, 0.29) is 29.8 Å². The van der Waals surface area contributed by atoms with Crippen LogP contribution >= 0.6 is 0 Å². The maximum absolute atomic E-state index is 12.3. The minimum absolute atomic E-state index is 0.0437. The number of nitrogens with two attached hydrogens (primary N) is 1. The van der Waals surface area contributed by atoms with Crippen LogP contribution in [0.4, 0.5) is 4.79 Å². The van der Waals surface area contributed by atoms with Crippen LogP contribution in [0.2, 0.25) is 0 Å². The number of hydrogen-bond donors (Lipinski definition) is 1. The lowest BCUT2D eigenvalue weighted by molar-refractivity contribution is -0.121. The van der Waals surface area contributed by atoms with Crippen molar-refractivity contribution in [2.24, 2.45) is 5.73 Å². The van der Waals surface area contributed by atoms with Crippen molar-refractivity contribution in [3.05, 3.63) is 59.7 Å². The van der Waals surface area contributed by atoms with Gasteiger partial charge in [-0.05, 0) is 54.0 Å². The monoisotopic (exact) mass is 494 g/mol.